The summed E-state index contributed by atoms with van der Waals surface area (Å²) in [6, 6.07) is 0.276. The predicted molar refractivity (Wildman–Crippen MR) is 96.9 cm³/mol. The number of aryl methyl sites for hydroxylation is 1. The van der Waals surface area contributed by atoms with E-state index in [1.807, 2.05) is 24.3 Å². The van der Waals surface area contributed by atoms with E-state index in [0.717, 1.165) is 24.2 Å². The van der Waals surface area contributed by atoms with Crippen LogP contribution in [0.1, 0.15) is 44.0 Å². The number of piperidine rings is 1. The molecule has 6 atom stereocenters. The van der Waals surface area contributed by atoms with Gasteiger partial charge in [-0.2, -0.15) is 5.06 Å². The quantitative estimate of drug-likeness (QED) is 0.779. The highest BCUT2D eigenvalue weighted by molar-refractivity contribution is 5.77. The number of nitrogens with zero attached hydrogens (tertiary/aromatic N) is 4. The Morgan fingerprint density at radius 2 is 2.04 bits per heavy atom. The summed E-state index contributed by atoms with van der Waals surface area (Å²) in [5.41, 5.74) is 0. The lowest BCUT2D eigenvalue weighted by molar-refractivity contribution is -0.181. The topological polar surface area (TPSA) is 50.6 Å². The third kappa shape index (κ3) is 2.14. The molecular formula is C20H28N4O2. The van der Waals surface area contributed by atoms with Gasteiger partial charge in [0.05, 0.1) is 18.7 Å². The van der Waals surface area contributed by atoms with E-state index in [2.05, 4.69) is 16.1 Å². The molecule has 4 aliphatic rings. The lowest BCUT2D eigenvalue weighted by Gasteiger charge is -2.59. The second-order valence-corrected chi connectivity index (χ2v) is 8.37. The van der Waals surface area contributed by atoms with Gasteiger partial charge in [-0.3, -0.25) is 4.84 Å². The second kappa shape index (κ2) is 6.12. The first-order chi connectivity index (χ1) is 12.7. The van der Waals surface area contributed by atoms with Crippen LogP contribution in [-0.4, -0.2) is 44.7 Å². The first-order valence-electron chi connectivity index (χ1n) is 10.0. The highest BCUT2D eigenvalue weighted by Crippen LogP contribution is 2.63. The third-order valence-electron chi connectivity index (χ3n) is 7.28. The average Bonchev–Trinajstić information content (AvgIpc) is 3.08. The van der Waals surface area contributed by atoms with E-state index in [0.29, 0.717) is 18.4 Å². The molecule has 0 spiro atoms. The molecule has 5 rings (SSSR count). The Balaban J connectivity index is 1.55. The van der Waals surface area contributed by atoms with Crippen LogP contribution in [0.3, 0.4) is 0 Å². The standard InChI is InChI=1S/C20H28N4O2/c1-3-11-26-24-15-12-23(20(24)25)18(19-21-9-10-22(19)2)17-14-8-6-4-5-7-13(14)16(15)17/h3,9-10,13-18H,1,4-8,11-12H2,2H3/t13?,14?,15?,16-,17?,18?/m0/s1. The number of aromatic nitrogens is 2. The molecule has 2 aliphatic carbocycles. The smallest absolute Gasteiger partial charge is 0.336 e. The van der Waals surface area contributed by atoms with E-state index in [1.54, 1.807) is 11.1 Å². The molecule has 1 aromatic rings. The van der Waals surface area contributed by atoms with Crippen molar-refractivity contribution in [2.24, 2.45) is 30.7 Å². The monoisotopic (exact) mass is 356 g/mol. The average molecular weight is 356 g/mol. The van der Waals surface area contributed by atoms with Gasteiger partial charge in [-0.25, -0.2) is 9.78 Å². The summed E-state index contributed by atoms with van der Waals surface area (Å²) >= 11 is 0. The van der Waals surface area contributed by atoms with Crippen molar-refractivity contribution in [3.05, 3.63) is 30.9 Å². The highest BCUT2D eigenvalue weighted by atomic mass is 16.7. The van der Waals surface area contributed by atoms with Gasteiger partial charge in [0.15, 0.2) is 0 Å². The molecular weight excluding hydrogens is 328 g/mol. The molecule has 26 heavy (non-hydrogen) atoms. The van der Waals surface area contributed by atoms with Crippen LogP contribution in [0, 0.1) is 23.7 Å². The Hall–Kier alpha value is -1.82. The molecule has 5 unspecified atom stereocenters. The maximum atomic E-state index is 13.2. The van der Waals surface area contributed by atoms with Gasteiger partial charge in [-0.1, -0.05) is 25.3 Å². The largest absolute Gasteiger partial charge is 0.344 e. The minimum absolute atomic E-state index is 0.00816. The molecule has 2 amide bonds. The summed E-state index contributed by atoms with van der Waals surface area (Å²) in [6.45, 7) is 4.88. The number of amides is 2. The van der Waals surface area contributed by atoms with Crippen LogP contribution in [-0.2, 0) is 11.9 Å². The number of carbonyl (C=O) groups excluding carboxylic acids is 1. The summed E-state index contributed by atoms with van der Waals surface area (Å²) in [6.07, 6.45) is 12.2. The summed E-state index contributed by atoms with van der Waals surface area (Å²) in [5, 5.41) is 1.67. The van der Waals surface area contributed by atoms with Crippen molar-refractivity contribution < 1.29 is 9.63 Å². The van der Waals surface area contributed by atoms with Gasteiger partial charge in [-0.05, 0) is 36.5 Å². The molecule has 0 aromatic carbocycles. The number of urea groups is 1. The van der Waals surface area contributed by atoms with Gasteiger partial charge in [0.1, 0.15) is 5.82 Å². The van der Waals surface area contributed by atoms with Crippen molar-refractivity contribution in [1.29, 1.82) is 0 Å². The summed E-state index contributed by atoms with van der Waals surface area (Å²) in [7, 11) is 2.04. The highest BCUT2D eigenvalue weighted by Gasteiger charge is 2.66. The fraction of sp³-hybridized carbons (Fsp3) is 0.700. The number of hydrogen-bond donors (Lipinski definition) is 0. The van der Waals surface area contributed by atoms with Crippen LogP contribution in [0.4, 0.5) is 4.79 Å². The van der Waals surface area contributed by atoms with Crippen LogP contribution in [0.15, 0.2) is 25.0 Å². The Bertz CT molecular complexity index is 716. The lowest BCUT2D eigenvalue weighted by Crippen LogP contribution is -2.61. The Morgan fingerprint density at radius 1 is 1.27 bits per heavy atom. The molecule has 2 saturated carbocycles. The van der Waals surface area contributed by atoms with E-state index in [9.17, 15) is 4.79 Å². The molecule has 2 saturated heterocycles. The van der Waals surface area contributed by atoms with Crippen LogP contribution >= 0.6 is 0 Å². The van der Waals surface area contributed by atoms with E-state index >= 15 is 0 Å². The van der Waals surface area contributed by atoms with Crippen LogP contribution in [0.2, 0.25) is 0 Å². The minimum Gasteiger partial charge on any atom is -0.336 e. The van der Waals surface area contributed by atoms with Crippen LogP contribution < -0.4 is 0 Å². The van der Waals surface area contributed by atoms with E-state index in [4.69, 9.17) is 4.84 Å². The molecule has 6 nitrogen and oxygen atoms in total. The van der Waals surface area contributed by atoms with Gasteiger partial charge in [-0.15, -0.1) is 6.58 Å². The molecule has 1 aromatic heterocycles. The lowest BCUT2D eigenvalue weighted by atomic mass is 9.49. The maximum absolute atomic E-state index is 13.2. The number of hydroxylamine groups is 2. The first-order valence-corrected chi connectivity index (χ1v) is 10.0. The number of rotatable bonds is 4. The minimum atomic E-state index is 0.00816. The van der Waals surface area contributed by atoms with E-state index < -0.39 is 0 Å². The molecule has 140 valence electrons. The molecule has 0 radical (unpaired) electrons. The zero-order valence-corrected chi connectivity index (χ0v) is 15.5. The SMILES string of the molecule is C=CCON1C(=O)N2CC1[C@@H]1C3CCCCCC3C1C2c1nccn1C. The zero-order valence-electron chi connectivity index (χ0n) is 15.5. The number of imidazole rings is 1. The number of carbonyl (C=O) groups is 1. The molecule has 6 heteroatoms. The normalized spacial score (nSPS) is 38.4. The number of fused-ring (bicyclic) bond motifs is 7. The van der Waals surface area contributed by atoms with Crippen molar-refractivity contribution in [3.63, 3.8) is 0 Å². The maximum Gasteiger partial charge on any atom is 0.344 e. The van der Waals surface area contributed by atoms with Crippen molar-refractivity contribution >= 4 is 6.03 Å². The van der Waals surface area contributed by atoms with Gasteiger partial charge in [0, 0.05) is 26.0 Å². The Morgan fingerprint density at radius 3 is 2.73 bits per heavy atom. The van der Waals surface area contributed by atoms with Crippen molar-refractivity contribution in [3.8, 4) is 0 Å². The third-order valence-corrected chi connectivity index (χ3v) is 7.28. The van der Waals surface area contributed by atoms with Gasteiger partial charge in [0.2, 0.25) is 0 Å². The van der Waals surface area contributed by atoms with Gasteiger partial charge >= 0.3 is 6.03 Å². The zero-order chi connectivity index (χ0) is 17.8. The van der Waals surface area contributed by atoms with Crippen molar-refractivity contribution in [2.45, 2.75) is 44.2 Å². The molecule has 0 N–H and O–H groups in total. The molecule has 3 heterocycles. The Labute approximate surface area is 154 Å². The van der Waals surface area contributed by atoms with Crippen molar-refractivity contribution in [1.82, 2.24) is 19.5 Å². The molecule has 4 fully saturated rings. The van der Waals surface area contributed by atoms with Crippen LogP contribution in [0.5, 0.6) is 0 Å². The summed E-state index contributed by atoms with van der Waals surface area (Å²) in [5.74, 6) is 3.53. The van der Waals surface area contributed by atoms with E-state index in [-0.39, 0.29) is 18.1 Å². The Kier molecular flexibility index (Phi) is 3.85. The summed E-state index contributed by atoms with van der Waals surface area (Å²) < 4.78 is 2.09. The van der Waals surface area contributed by atoms with E-state index in [1.165, 1.54) is 32.1 Å². The number of hydrogen-bond acceptors (Lipinski definition) is 3. The molecule has 2 aliphatic heterocycles. The fourth-order valence-corrected chi connectivity index (χ4v) is 6.33. The fourth-order valence-electron chi connectivity index (χ4n) is 6.33. The first kappa shape index (κ1) is 16.4. The second-order valence-electron chi connectivity index (χ2n) is 8.37. The molecule has 2 bridgehead atoms. The van der Waals surface area contributed by atoms with Gasteiger partial charge < -0.3 is 9.47 Å². The van der Waals surface area contributed by atoms with Crippen LogP contribution in [0.25, 0.3) is 0 Å². The summed E-state index contributed by atoms with van der Waals surface area (Å²) in [4.78, 5) is 25.7. The predicted octanol–water partition coefficient (Wildman–Crippen LogP) is 3.14. The van der Waals surface area contributed by atoms with Crippen molar-refractivity contribution in [2.75, 3.05) is 13.2 Å². The van der Waals surface area contributed by atoms with Gasteiger partial charge in [0.25, 0.3) is 0 Å².